The molecule has 0 atom stereocenters. The highest BCUT2D eigenvalue weighted by Gasteiger charge is 2.23. The van der Waals surface area contributed by atoms with Crippen molar-refractivity contribution < 1.29 is 18.3 Å². The molecule has 0 radical (unpaired) electrons. The zero-order valence-corrected chi connectivity index (χ0v) is 14.3. The Bertz CT molecular complexity index is 817. The molecule has 6 nitrogen and oxygen atoms in total. The fraction of sp³-hybridized carbons (Fsp3) is 0.312. The van der Waals surface area contributed by atoms with Gasteiger partial charge in [-0.05, 0) is 48.2 Å². The first-order valence-electron chi connectivity index (χ1n) is 7.11. The van der Waals surface area contributed by atoms with E-state index in [4.69, 9.17) is 4.74 Å². The van der Waals surface area contributed by atoms with E-state index < -0.39 is 10.0 Å². The highest BCUT2D eigenvalue weighted by molar-refractivity contribution is 7.92. The predicted octanol–water partition coefficient (Wildman–Crippen LogP) is 3.03. The highest BCUT2D eigenvalue weighted by atomic mass is 32.2. The largest absolute Gasteiger partial charge is 0.504 e. The number of aromatic hydroxyl groups is 1. The summed E-state index contributed by atoms with van der Waals surface area (Å²) in [5.74, 6) is 0.0420. The molecule has 0 aliphatic carbocycles. The summed E-state index contributed by atoms with van der Waals surface area (Å²) in [6, 6.07) is 6.16. The van der Waals surface area contributed by atoms with Gasteiger partial charge in [0.25, 0.3) is 10.0 Å². The van der Waals surface area contributed by atoms with E-state index in [0.717, 1.165) is 11.1 Å². The molecule has 0 fully saturated rings. The summed E-state index contributed by atoms with van der Waals surface area (Å²) in [6.07, 6.45) is 1.39. The number of sulfonamides is 1. The Morgan fingerprint density at radius 3 is 2.57 bits per heavy atom. The number of hydrogen-bond acceptors (Lipinski definition) is 5. The van der Waals surface area contributed by atoms with Crippen LogP contribution in [0.25, 0.3) is 0 Å². The van der Waals surface area contributed by atoms with Crippen LogP contribution in [0.5, 0.6) is 11.5 Å². The molecule has 1 aromatic carbocycles. The fourth-order valence-electron chi connectivity index (χ4n) is 2.33. The van der Waals surface area contributed by atoms with Gasteiger partial charge in [0.2, 0.25) is 0 Å². The van der Waals surface area contributed by atoms with Crippen LogP contribution in [0.2, 0.25) is 0 Å². The van der Waals surface area contributed by atoms with Crippen molar-refractivity contribution in [3.8, 4) is 11.5 Å². The van der Waals surface area contributed by atoms with Crippen LogP contribution >= 0.6 is 0 Å². The Morgan fingerprint density at radius 2 is 2.00 bits per heavy atom. The Balaban J connectivity index is 2.55. The Hall–Kier alpha value is -2.28. The van der Waals surface area contributed by atoms with E-state index in [1.54, 1.807) is 12.1 Å². The summed E-state index contributed by atoms with van der Waals surface area (Å²) in [6.45, 7) is 5.89. The molecule has 1 heterocycles. The molecule has 124 valence electrons. The van der Waals surface area contributed by atoms with E-state index in [-0.39, 0.29) is 28.1 Å². The van der Waals surface area contributed by atoms with Gasteiger partial charge in [-0.25, -0.2) is 13.4 Å². The van der Waals surface area contributed by atoms with Crippen LogP contribution in [0.4, 0.5) is 5.82 Å². The minimum absolute atomic E-state index is 0.0133. The minimum atomic E-state index is -3.95. The third kappa shape index (κ3) is 3.56. The molecule has 0 unspecified atom stereocenters. The highest BCUT2D eigenvalue weighted by Crippen LogP contribution is 2.33. The first-order chi connectivity index (χ1) is 10.8. The molecule has 1 aromatic heterocycles. The van der Waals surface area contributed by atoms with Gasteiger partial charge in [0, 0.05) is 6.20 Å². The van der Waals surface area contributed by atoms with E-state index in [2.05, 4.69) is 9.71 Å². The number of benzene rings is 1. The van der Waals surface area contributed by atoms with Gasteiger partial charge in [0.05, 0.1) is 7.11 Å². The molecule has 0 bridgehead atoms. The molecule has 2 rings (SSSR count). The number of rotatable bonds is 5. The van der Waals surface area contributed by atoms with Crippen molar-refractivity contribution in [1.29, 1.82) is 0 Å². The number of pyridine rings is 1. The lowest BCUT2D eigenvalue weighted by Crippen LogP contribution is -2.16. The van der Waals surface area contributed by atoms with Crippen LogP contribution < -0.4 is 9.46 Å². The van der Waals surface area contributed by atoms with Gasteiger partial charge in [-0.1, -0.05) is 13.8 Å². The predicted molar refractivity (Wildman–Crippen MR) is 88.5 cm³/mol. The van der Waals surface area contributed by atoms with Crippen molar-refractivity contribution in [2.45, 2.75) is 31.6 Å². The number of nitrogens with zero attached hydrogens (tertiary/aromatic N) is 1. The van der Waals surface area contributed by atoms with Crippen molar-refractivity contribution in [3.63, 3.8) is 0 Å². The van der Waals surface area contributed by atoms with Crippen molar-refractivity contribution in [2.75, 3.05) is 11.8 Å². The Labute approximate surface area is 136 Å². The van der Waals surface area contributed by atoms with Crippen LogP contribution in [0, 0.1) is 6.92 Å². The first-order valence-corrected chi connectivity index (χ1v) is 8.60. The number of hydrogen-bond donors (Lipinski definition) is 2. The molecule has 2 N–H and O–H groups in total. The van der Waals surface area contributed by atoms with Crippen LogP contribution in [0.1, 0.15) is 30.9 Å². The minimum Gasteiger partial charge on any atom is -0.504 e. The Morgan fingerprint density at radius 1 is 1.30 bits per heavy atom. The van der Waals surface area contributed by atoms with Crippen LogP contribution in [0.15, 0.2) is 35.4 Å². The lowest BCUT2D eigenvalue weighted by atomic mass is 9.98. The summed E-state index contributed by atoms with van der Waals surface area (Å²) >= 11 is 0. The zero-order valence-electron chi connectivity index (χ0n) is 13.5. The number of aryl methyl sites for hydroxylation is 1. The monoisotopic (exact) mass is 336 g/mol. The molecule has 0 aliphatic rings. The number of methoxy groups -OCH3 is 1. The SMILES string of the molecule is COc1cc(C)c(C(C)C)cc1S(=O)(=O)Nc1ncccc1O. The van der Waals surface area contributed by atoms with Gasteiger partial charge in [0.15, 0.2) is 11.6 Å². The van der Waals surface area contributed by atoms with E-state index in [0.29, 0.717) is 0 Å². The summed E-state index contributed by atoms with van der Waals surface area (Å²) in [5, 5.41) is 9.71. The van der Waals surface area contributed by atoms with Gasteiger partial charge in [-0.3, -0.25) is 4.72 Å². The third-order valence-electron chi connectivity index (χ3n) is 3.48. The fourth-order valence-corrected chi connectivity index (χ4v) is 3.54. The van der Waals surface area contributed by atoms with E-state index in [9.17, 15) is 13.5 Å². The maximum atomic E-state index is 12.7. The standard InChI is InChI=1S/C16H20N2O4S/c1-10(2)12-9-15(14(22-4)8-11(12)3)23(20,21)18-16-13(19)6-5-7-17-16/h5-10,19H,1-4H3,(H,17,18). The van der Waals surface area contributed by atoms with E-state index in [1.165, 1.54) is 25.4 Å². The first kappa shape index (κ1) is 17.1. The van der Waals surface area contributed by atoms with E-state index >= 15 is 0 Å². The summed E-state index contributed by atoms with van der Waals surface area (Å²) < 4.78 is 32.9. The van der Waals surface area contributed by atoms with Crippen molar-refractivity contribution in [3.05, 3.63) is 41.6 Å². The molecule has 0 amide bonds. The normalized spacial score (nSPS) is 11.5. The van der Waals surface area contributed by atoms with Crippen LogP contribution in [0.3, 0.4) is 0 Å². The topological polar surface area (TPSA) is 88.5 Å². The summed E-state index contributed by atoms with van der Waals surface area (Å²) in [4.78, 5) is 3.85. The molecule has 0 saturated heterocycles. The number of nitrogens with one attached hydrogen (secondary N) is 1. The quantitative estimate of drug-likeness (QED) is 0.876. The van der Waals surface area contributed by atoms with Gasteiger partial charge in [-0.2, -0.15) is 0 Å². The number of anilines is 1. The lowest BCUT2D eigenvalue weighted by Gasteiger charge is -2.16. The maximum Gasteiger partial charge on any atom is 0.266 e. The second-order valence-corrected chi connectivity index (χ2v) is 7.14. The van der Waals surface area contributed by atoms with Gasteiger partial charge in [-0.15, -0.1) is 0 Å². The molecule has 0 spiro atoms. The van der Waals surface area contributed by atoms with Crippen LogP contribution in [-0.2, 0) is 10.0 Å². The number of aromatic nitrogens is 1. The maximum absolute atomic E-state index is 12.7. The zero-order chi connectivity index (χ0) is 17.2. The number of ether oxygens (including phenoxy) is 1. The van der Waals surface area contributed by atoms with Crippen molar-refractivity contribution in [2.24, 2.45) is 0 Å². The molecule has 0 saturated carbocycles. The molecule has 2 aromatic rings. The molecular formula is C16H20N2O4S. The van der Waals surface area contributed by atoms with Crippen LogP contribution in [-0.4, -0.2) is 25.6 Å². The molecule has 23 heavy (non-hydrogen) atoms. The van der Waals surface area contributed by atoms with Crippen molar-refractivity contribution in [1.82, 2.24) is 4.98 Å². The molecule has 7 heteroatoms. The summed E-state index contributed by atoms with van der Waals surface area (Å²) in [5.41, 5.74) is 1.87. The second-order valence-electron chi connectivity index (χ2n) is 5.49. The average Bonchev–Trinajstić information content (AvgIpc) is 2.48. The van der Waals surface area contributed by atoms with Gasteiger partial charge in [0.1, 0.15) is 10.6 Å². The smallest absolute Gasteiger partial charge is 0.266 e. The molecular weight excluding hydrogens is 316 g/mol. The average molecular weight is 336 g/mol. The van der Waals surface area contributed by atoms with E-state index in [1.807, 2.05) is 20.8 Å². The lowest BCUT2D eigenvalue weighted by molar-refractivity contribution is 0.402. The molecule has 0 aliphatic heterocycles. The Kier molecular flexibility index (Phi) is 4.79. The van der Waals surface area contributed by atoms with Gasteiger partial charge < -0.3 is 9.84 Å². The third-order valence-corrected chi connectivity index (χ3v) is 4.84. The van der Waals surface area contributed by atoms with Crippen molar-refractivity contribution >= 4 is 15.8 Å². The summed E-state index contributed by atoms with van der Waals surface area (Å²) in [7, 11) is -2.53. The van der Waals surface area contributed by atoms with Gasteiger partial charge >= 0.3 is 0 Å². The second kappa shape index (κ2) is 6.45.